The van der Waals surface area contributed by atoms with E-state index in [1.165, 1.54) is 0 Å². The molecule has 0 radical (unpaired) electrons. The Balaban J connectivity index is 2.11. The number of thioether (sulfide) groups is 1. The summed E-state index contributed by atoms with van der Waals surface area (Å²) in [6, 6.07) is 11.8. The number of phenolic OH excluding ortho intramolecular Hbond substituents is 2. The summed E-state index contributed by atoms with van der Waals surface area (Å²) in [4.78, 5) is 0. The molecule has 0 aliphatic rings. The number of fused-ring (bicyclic) bond motifs is 1. The van der Waals surface area contributed by atoms with E-state index in [0.717, 1.165) is 28.3 Å². The number of thiocyanates is 1. The van der Waals surface area contributed by atoms with Crippen molar-refractivity contribution in [2.45, 2.75) is 5.75 Å². The van der Waals surface area contributed by atoms with Gasteiger partial charge < -0.3 is 14.6 Å². The van der Waals surface area contributed by atoms with Crippen LogP contribution in [-0.4, -0.2) is 10.2 Å². The number of furan rings is 1. The van der Waals surface area contributed by atoms with Gasteiger partial charge in [-0.25, -0.2) is 0 Å². The average Bonchev–Trinajstić information content (AvgIpc) is 2.89. The maximum atomic E-state index is 9.76. The Hall–Kier alpha value is -2.58. The molecule has 2 aromatic carbocycles. The number of nitrogens with zero attached hydrogens (tertiary/aromatic N) is 1. The third-order valence-electron chi connectivity index (χ3n) is 3.12. The highest BCUT2D eigenvalue weighted by atomic mass is 32.2. The first-order valence-electron chi connectivity index (χ1n) is 6.23. The molecule has 0 bridgehead atoms. The van der Waals surface area contributed by atoms with E-state index in [4.69, 9.17) is 9.68 Å². The van der Waals surface area contributed by atoms with Gasteiger partial charge in [0, 0.05) is 22.3 Å². The van der Waals surface area contributed by atoms with Gasteiger partial charge in [-0.15, -0.1) is 0 Å². The van der Waals surface area contributed by atoms with Gasteiger partial charge in [0.05, 0.1) is 0 Å². The van der Waals surface area contributed by atoms with Crippen LogP contribution in [0.1, 0.15) is 5.56 Å². The van der Waals surface area contributed by atoms with Crippen LogP contribution in [0.5, 0.6) is 11.5 Å². The summed E-state index contributed by atoms with van der Waals surface area (Å²) in [5, 5.41) is 30.6. The summed E-state index contributed by atoms with van der Waals surface area (Å²) in [5.41, 5.74) is 2.28. The van der Waals surface area contributed by atoms with Gasteiger partial charge in [0.2, 0.25) is 0 Å². The van der Waals surface area contributed by atoms with Gasteiger partial charge in [-0.05, 0) is 54.2 Å². The molecular formula is C16H11NO3S. The minimum absolute atomic E-state index is 0.147. The molecule has 1 aromatic heterocycles. The second-order valence-corrected chi connectivity index (χ2v) is 5.32. The Morgan fingerprint density at radius 2 is 1.81 bits per heavy atom. The predicted octanol–water partition coefficient (Wildman–Crippen LogP) is 4.23. The van der Waals surface area contributed by atoms with E-state index < -0.39 is 0 Å². The van der Waals surface area contributed by atoms with Gasteiger partial charge in [0.25, 0.3) is 0 Å². The third kappa shape index (κ3) is 2.67. The van der Waals surface area contributed by atoms with Crippen molar-refractivity contribution < 1.29 is 14.6 Å². The van der Waals surface area contributed by atoms with Crippen LogP contribution in [0.3, 0.4) is 0 Å². The fraction of sp³-hybridized carbons (Fsp3) is 0.0625. The molecule has 0 saturated heterocycles. The molecule has 0 saturated carbocycles. The van der Waals surface area contributed by atoms with Crippen LogP contribution >= 0.6 is 11.8 Å². The topological polar surface area (TPSA) is 77.4 Å². The summed E-state index contributed by atoms with van der Waals surface area (Å²) in [5.74, 6) is 1.44. The average molecular weight is 297 g/mol. The Kier molecular flexibility index (Phi) is 3.46. The first-order valence-corrected chi connectivity index (χ1v) is 7.21. The quantitative estimate of drug-likeness (QED) is 0.707. The molecule has 4 nitrogen and oxygen atoms in total. The minimum Gasteiger partial charge on any atom is -0.508 e. The van der Waals surface area contributed by atoms with Crippen molar-refractivity contribution in [3.8, 4) is 28.2 Å². The van der Waals surface area contributed by atoms with Gasteiger partial charge in [-0.3, -0.25) is 0 Å². The Morgan fingerprint density at radius 3 is 2.52 bits per heavy atom. The maximum Gasteiger partial charge on any atom is 0.139 e. The Labute approximate surface area is 125 Å². The zero-order chi connectivity index (χ0) is 14.8. The molecule has 0 aliphatic heterocycles. The van der Waals surface area contributed by atoms with Crippen molar-refractivity contribution in [3.63, 3.8) is 0 Å². The second kappa shape index (κ2) is 5.43. The normalized spacial score (nSPS) is 10.6. The Morgan fingerprint density at radius 1 is 1.05 bits per heavy atom. The van der Waals surface area contributed by atoms with E-state index in [2.05, 4.69) is 0 Å². The molecule has 0 atom stereocenters. The number of benzene rings is 2. The molecule has 104 valence electrons. The number of phenols is 2. The molecule has 3 rings (SSSR count). The SMILES string of the molecule is N#CSCc1cc(O)cc2cc(-c3ccc(O)cc3)oc12. The number of hydrogen-bond acceptors (Lipinski definition) is 5. The van der Waals surface area contributed by atoms with Crippen molar-refractivity contribution in [1.82, 2.24) is 0 Å². The van der Waals surface area contributed by atoms with E-state index >= 15 is 0 Å². The van der Waals surface area contributed by atoms with Gasteiger partial charge in [0.15, 0.2) is 0 Å². The van der Waals surface area contributed by atoms with Crippen LogP contribution in [0.15, 0.2) is 46.9 Å². The minimum atomic E-state index is 0.147. The number of nitriles is 1. The molecule has 3 aromatic rings. The predicted molar refractivity (Wildman–Crippen MR) is 81.9 cm³/mol. The molecule has 5 heteroatoms. The smallest absolute Gasteiger partial charge is 0.139 e. The molecular weight excluding hydrogens is 286 g/mol. The zero-order valence-corrected chi connectivity index (χ0v) is 11.7. The zero-order valence-electron chi connectivity index (χ0n) is 10.9. The second-order valence-electron chi connectivity index (χ2n) is 4.56. The van der Waals surface area contributed by atoms with E-state index in [0.29, 0.717) is 17.1 Å². The molecule has 0 unspecified atom stereocenters. The van der Waals surface area contributed by atoms with Crippen LogP contribution in [0.2, 0.25) is 0 Å². The number of rotatable bonds is 3. The molecule has 0 fully saturated rings. The van der Waals surface area contributed by atoms with E-state index in [1.807, 2.05) is 11.5 Å². The van der Waals surface area contributed by atoms with Gasteiger partial charge >= 0.3 is 0 Å². The summed E-state index contributed by atoms with van der Waals surface area (Å²) in [7, 11) is 0. The summed E-state index contributed by atoms with van der Waals surface area (Å²) >= 11 is 1.09. The van der Waals surface area contributed by atoms with Gasteiger partial charge in [-0.1, -0.05) is 0 Å². The molecule has 21 heavy (non-hydrogen) atoms. The lowest BCUT2D eigenvalue weighted by molar-refractivity contribution is 0.474. The van der Waals surface area contributed by atoms with Crippen LogP contribution in [0.25, 0.3) is 22.3 Å². The van der Waals surface area contributed by atoms with Crippen molar-refractivity contribution >= 4 is 22.7 Å². The van der Waals surface area contributed by atoms with E-state index in [-0.39, 0.29) is 11.5 Å². The van der Waals surface area contributed by atoms with Crippen molar-refractivity contribution in [3.05, 3.63) is 48.0 Å². The largest absolute Gasteiger partial charge is 0.508 e. The first-order chi connectivity index (χ1) is 10.2. The Bertz CT molecular complexity index is 831. The standard InChI is InChI=1S/C16H11NO3S/c17-9-21-8-12-6-14(19)5-11-7-15(20-16(11)12)10-1-3-13(18)4-2-10/h1-7,18-19H,8H2. The summed E-state index contributed by atoms with van der Waals surface area (Å²) in [6.07, 6.45) is 0. The van der Waals surface area contributed by atoms with Crippen molar-refractivity contribution in [1.29, 1.82) is 5.26 Å². The molecule has 1 heterocycles. The van der Waals surface area contributed by atoms with Crippen molar-refractivity contribution in [2.24, 2.45) is 0 Å². The van der Waals surface area contributed by atoms with Crippen LogP contribution in [0.4, 0.5) is 0 Å². The lowest BCUT2D eigenvalue weighted by Gasteiger charge is -2.00. The van der Waals surface area contributed by atoms with Crippen LogP contribution in [0, 0.1) is 10.7 Å². The lowest BCUT2D eigenvalue weighted by Crippen LogP contribution is -1.80. The third-order valence-corrected chi connectivity index (χ3v) is 3.71. The highest BCUT2D eigenvalue weighted by Gasteiger charge is 2.12. The fourth-order valence-corrected chi connectivity index (χ4v) is 2.63. The van der Waals surface area contributed by atoms with E-state index in [1.54, 1.807) is 36.4 Å². The summed E-state index contributed by atoms with van der Waals surface area (Å²) in [6.45, 7) is 0. The van der Waals surface area contributed by atoms with Crippen molar-refractivity contribution in [2.75, 3.05) is 0 Å². The van der Waals surface area contributed by atoms with Crippen LogP contribution in [-0.2, 0) is 5.75 Å². The maximum absolute atomic E-state index is 9.76. The molecule has 0 amide bonds. The molecule has 0 aliphatic carbocycles. The van der Waals surface area contributed by atoms with Gasteiger partial charge in [-0.2, -0.15) is 5.26 Å². The molecule has 0 spiro atoms. The summed E-state index contributed by atoms with van der Waals surface area (Å²) < 4.78 is 5.86. The fourth-order valence-electron chi connectivity index (χ4n) is 2.19. The van der Waals surface area contributed by atoms with Crippen LogP contribution < -0.4 is 0 Å². The monoisotopic (exact) mass is 297 g/mol. The number of aromatic hydroxyl groups is 2. The molecule has 2 N–H and O–H groups in total. The highest BCUT2D eigenvalue weighted by molar-refractivity contribution is 8.02. The van der Waals surface area contributed by atoms with E-state index in [9.17, 15) is 10.2 Å². The lowest BCUT2D eigenvalue weighted by atomic mass is 10.1. The highest BCUT2D eigenvalue weighted by Crippen LogP contribution is 2.34. The first kappa shape index (κ1) is 13.4. The number of hydrogen-bond donors (Lipinski definition) is 2. The van der Waals surface area contributed by atoms with Gasteiger partial charge in [0.1, 0.15) is 28.2 Å².